The first-order chi connectivity index (χ1) is 13.4. The molecule has 3 heterocycles. The van der Waals surface area contributed by atoms with E-state index < -0.39 is 10.0 Å². The number of benzene rings is 2. The Morgan fingerprint density at radius 2 is 1.79 bits per heavy atom. The Balaban J connectivity index is 1.39. The zero-order valence-corrected chi connectivity index (χ0v) is 16.7. The molecule has 2 saturated heterocycles. The van der Waals surface area contributed by atoms with Crippen molar-refractivity contribution in [1.29, 1.82) is 0 Å². The van der Waals surface area contributed by atoms with Crippen molar-refractivity contribution < 1.29 is 13.2 Å². The van der Waals surface area contributed by atoms with E-state index in [1.54, 1.807) is 12.1 Å². The minimum Gasteiger partial charge on any atom is -0.365 e. The Kier molecular flexibility index (Phi) is 4.09. The van der Waals surface area contributed by atoms with Crippen LogP contribution >= 0.6 is 0 Å². The largest absolute Gasteiger partial charge is 0.365 e. The van der Waals surface area contributed by atoms with Crippen molar-refractivity contribution in [3.63, 3.8) is 0 Å². The van der Waals surface area contributed by atoms with Crippen molar-refractivity contribution in [2.75, 3.05) is 13.1 Å². The minimum atomic E-state index is -3.51. The monoisotopic (exact) mass is 393 g/mol. The van der Waals surface area contributed by atoms with Crippen LogP contribution in [-0.4, -0.2) is 25.8 Å². The summed E-state index contributed by atoms with van der Waals surface area (Å²) in [5.41, 5.74) is 5.52. The molecule has 3 aliphatic heterocycles. The van der Waals surface area contributed by atoms with Gasteiger partial charge in [-0.25, -0.2) is 8.42 Å². The average Bonchev–Trinajstić information content (AvgIpc) is 3.37. The third kappa shape index (κ3) is 2.77. The Morgan fingerprint density at radius 3 is 2.54 bits per heavy atom. The van der Waals surface area contributed by atoms with Gasteiger partial charge in [0.25, 0.3) is 0 Å². The van der Waals surface area contributed by atoms with Gasteiger partial charge in [0.15, 0.2) is 0 Å². The number of fused-ring (bicyclic) bond motifs is 5. The third-order valence-electron chi connectivity index (χ3n) is 6.08. The Labute approximate surface area is 166 Å². The van der Waals surface area contributed by atoms with Gasteiger partial charge in [-0.05, 0) is 47.8 Å². The molecule has 0 aliphatic carbocycles. The Morgan fingerprint density at radius 1 is 1.07 bits per heavy atom. The summed E-state index contributed by atoms with van der Waals surface area (Å²) in [7, 11) is -3.51. The van der Waals surface area contributed by atoms with E-state index in [9.17, 15) is 8.42 Å². The molecule has 3 atom stereocenters. The standard InChI is InChI=1S/C23H23NO3S/c1-15-7-9-19(10-8-15)28(25,26)24-13-16(2)18(14-24)11-17-12-22-20-5-3-4-6-21(20)23(17)27-22/h3-11,17,22-23H,2,12-14H2,1H3/b18-11-/t17-,22?,23?/m1/s1. The van der Waals surface area contributed by atoms with Crippen LogP contribution in [-0.2, 0) is 14.8 Å². The molecule has 0 amide bonds. The van der Waals surface area contributed by atoms with Gasteiger partial charge in [-0.3, -0.25) is 0 Å². The molecule has 0 saturated carbocycles. The molecule has 0 aromatic heterocycles. The van der Waals surface area contributed by atoms with Crippen LogP contribution < -0.4 is 0 Å². The molecule has 2 fully saturated rings. The quantitative estimate of drug-likeness (QED) is 0.780. The number of nitrogens with zero attached hydrogens (tertiary/aromatic N) is 1. The molecule has 5 rings (SSSR count). The van der Waals surface area contributed by atoms with Gasteiger partial charge in [-0.2, -0.15) is 4.31 Å². The highest BCUT2D eigenvalue weighted by atomic mass is 32.2. The highest BCUT2D eigenvalue weighted by Gasteiger charge is 2.44. The number of aryl methyl sites for hydroxylation is 1. The zero-order valence-electron chi connectivity index (χ0n) is 15.8. The molecule has 0 radical (unpaired) electrons. The first-order valence-electron chi connectivity index (χ1n) is 9.63. The Bertz CT molecular complexity index is 1090. The number of hydrogen-bond acceptors (Lipinski definition) is 3. The van der Waals surface area contributed by atoms with Crippen LogP contribution in [0.2, 0.25) is 0 Å². The molecule has 4 nitrogen and oxygen atoms in total. The van der Waals surface area contributed by atoms with E-state index in [1.807, 2.05) is 19.1 Å². The van der Waals surface area contributed by atoms with Crippen LogP contribution in [0.25, 0.3) is 0 Å². The van der Waals surface area contributed by atoms with Gasteiger partial charge in [0.1, 0.15) is 0 Å². The van der Waals surface area contributed by atoms with Gasteiger partial charge < -0.3 is 4.74 Å². The van der Waals surface area contributed by atoms with E-state index in [0.29, 0.717) is 18.0 Å². The summed E-state index contributed by atoms with van der Waals surface area (Å²) in [5.74, 6) is 0.272. The smallest absolute Gasteiger partial charge is 0.243 e. The first kappa shape index (κ1) is 17.9. The molecule has 2 bridgehead atoms. The molecule has 2 aromatic carbocycles. The summed E-state index contributed by atoms with van der Waals surface area (Å²) < 4.78 is 33.7. The average molecular weight is 394 g/mol. The first-order valence-corrected chi connectivity index (χ1v) is 11.1. The van der Waals surface area contributed by atoms with Gasteiger partial charge in [0.2, 0.25) is 10.0 Å². The van der Waals surface area contributed by atoms with Gasteiger partial charge in [0.05, 0.1) is 17.1 Å². The van der Waals surface area contributed by atoms with Crippen molar-refractivity contribution in [3.05, 3.63) is 89.0 Å². The van der Waals surface area contributed by atoms with Crippen molar-refractivity contribution in [3.8, 4) is 0 Å². The van der Waals surface area contributed by atoms with Crippen LogP contribution in [0.1, 0.15) is 35.3 Å². The van der Waals surface area contributed by atoms with Crippen molar-refractivity contribution in [2.24, 2.45) is 5.92 Å². The molecule has 0 spiro atoms. The molecular formula is C23H23NO3S. The lowest BCUT2D eigenvalue weighted by molar-refractivity contribution is 0.0648. The third-order valence-corrected chi connectivity index (χ3v) is 7.88. The Hall–Kier alpha value is -2.21. The summed E-state index contributed by atoms with van der Waals surface area (Å²) in [6, 6.07) is 15.4. The molecule has 144 valence electrons. The van der Waals surface area contributed by atoms with Crippen molar-refractivity contribution in [2.45, 2.75) is 30.4 Å². The fourth-order valence-electron chi connectivity index (χ4n) is 4.56. The molecule has 5 heteroatoms. The second kappa shape index (κ2) is 6.41. The second-order valence-electron chi connectivity index (χ2n) is 7.96. The number of rotatable bonds is 3. The van der Waals surface area contributed by atoms with Crippen LogP contribution in [0.15, 0.2) is 77.2 Å². The van der Waals surface area contributed by atoms with E-state index in [-0.39, 0.29) is 18.1 Å². The molecule has 28 heavy (non-hydrogen) atoms. The van der Waals surface area contributed by atoms with E-state index in [2.05, 4.69) is 36.9 Å². The van der Waals surface area contributed by atoms with Gasteiger partial charge in [0, 0.05) is 19.0 Å². The van der Waals surface area contributed by atoms with Gasteiger partial charge in [-0.15, -0.1) is 0 Å². The zero-order chi connectivity index (χ0) is 19.5. The second-order valence-corrected chi connectivity index (χ2v) is 9.89. The molecule has 3 aliphatic rings. The van der Waals surface area contributed by atoms with Crippen LogP contribution in [0.3, 0.4) is 0 Å². The topological polar surface area (TPSA) is 46.6 Å². The number of ether oxygens (including phenoxy) is 1. The van der Waals surface area contributed by atoms with Crippen LogP contribution in [0.5, 0.6) is 0 Å². The minimum absolute atomic E-state index is 0.0734. The maximum atomic E-state index is 13.0. The summed E-state index contributed by atoms with van der Waals surface area (Å²) >= 11 is 0. The van der Waals surface area contributed by atoms with E-state index in [1.165, 1.54) is 15.4 Å². The summed E-state index contributed by atoms with van der Waals surface area (Å²) in [5, 5.41) is 0. The van der Waals surface area contributed by atoms with Gasteiger partial charge >= 0.3 is 0 Å². The molecular weight excluding hydrogens is 370 g/mol. The number of hydrogen-bond donors (Lipinski definition) is 0. The fourth-order valence-corrected chi connectivity index (χ4v) is 5.97. The van der Waals surface area contributed by atoms with E-state index in [4.69, 9.17) is 4.74 Å². The molecule has 0 N–H and O–H groups in total. The molecule has 2 unspecified atom stereocenters. The highest BCUT2D eigenvalue weighted by molar-refractivity contribution is 7.89. The predicted octanol–water partition coefficient (Wildman–Crippen LogP) is 4.31. The van der Waals surface area contributed by atoms with Crippen molar-refractivity contribution >= 4 is 10.0 Å². The number of sulfonamides is 1. The van der Waals surface area contributed by atoms with E-state index in [0.717, 1.165) is 23.1 Å². The maximum absolute atomic E-state index is 13.0. The lowest BCUT2D eigenvalue weighted by Crippen LogP contribution is -2.28. The summed E-state index contributed by atoms with van der Waals surface area (Å²) in [4.78, 5) is 0.337. The maximum Gasteiger partial charge on any atom is 0.243 e. The lowest BCUT2D eigenvalue weighted by Gasteiger charge is -2.19. The fraction of sp³-hybridized carbons (Fsp3) is 0.304. The SMILES string of the molecule is C=C1CN(S(=O)(=O)c2ccc(C)cc2)C/C1=C/[C@@H]1CC2OC1c1ccccc12. The lowest BCUT2D eigenvalue weighted by atomic mass is 9.82. The van der Waals surface area contributed by atoms with Crippen LogP contribution in [0, 0.1) is 12.8 Å². The van der Waals surface area contributed by atoms with Crippen molar-refractivity contribution in [1.82, 2.24) is 4.31 Å². The molecule has 2 aromatic rings. The predicted molar refractivity (Wildman–Crippen MR) is 108 cm³/mol. The summed E-state index contributed by atoms with van der Waals surface area (Å²) in [6.07, 6.45) is 3.38. The highest BCUT2D eigenvalue weighted by Crippen LogP contribution is 2.54. The summed E-state index contributed by atoms with van der Waals surface area (Å²) in [6.45, 7) is 6.82. The van der Waals surface area contributed by atoms with Crippen LogP contribution in [0.4, 0.5) is 0 Å². The van der Waals surface area contributed by atoms with E-state index >= 15 is 0 Å². The normalized spacial score (nSPS) is 28.2. The van der Waals surface area contributed by atoms with Gasteiger partial charge in [-0.1, -0.05) is 54.6 Å².